The minimum atomic E-state index is 0.596. The van der Waals surface area contributed by atoms with E-state index >= 15 is 0 Å². The number of halogens is 1. The van der Waals surface area contributed by atoms with Crippen molar-refractivity contribution >= 4 is 17.3 Å². The van der Waals surface area contributed by atoms with E-state index in [1.807, 2.05) is 12.1 Å². The molecule has 0 saturated heterocycles. The number of anilines is 1. The van der Waals surface area contributed by atoms with Crippen molar-refractivity contribution in [3.05, 3.63) is 23.2 Å². The molecule has 1 N–H and O–H groups in total. The molecule has 0 saturated carbocycles. The van der Waals surface area contributed by atoms with Crippen molar-refractivity contribution in [2.45, 2.75) is 6.42 Å². The molecule has 0 aromatic heterocycles. The molecule has 0 atom stereocenters. The molecule has 1 aromatic carbocycles. The maximum absolute atomic E-state index is 5.94. The van der Waals surface area contributed by atoms with Crippen LogP contribution >= 0.6 is 11.6 Å². The van der Waals surface area contributed by atoms with Crippen LogP contribution in [0.15, 0.2) is 18.2 Å². The minimum Gasteiger partial charge on any atom is -0.493 e. The molecule has 1 rings (SSSR count). The van der Waals surface area contributed by atoms with E-state index in [0.29, 0.717) is 23.7 Å². The summed E-state index contributed by atoms with van der Waals surface area (Å²) in [7, 11) is 1.59. The molecule has 3 heteroatoms. The van der Waals surface area contributed by atoms with Crippen LogP contribution in [-0.4, -0.2) is 13.7 Å². The summed E-state index contributed by atoms with van der Waals surface area (Å²) in [4.78, 5) is 0. The lowest BCUT2D eigenvalue weighted by Crippen LogP contribution is -2.02. The summed E-state index contributed by atoms with van der Waals surface area (Å²) in [6, 6.07) is 5.55. The lowest BCUT2D eigenvalue weighted by atomic mass is 10.3. The van der Waals surface area contributed by atoms with Gasteiger partial charge in [0.1, 0.15) is 0 Å². The highest BCUT2D eigenvalue weighted by Crippen LogP contribution is 2.32. The zero-order valence-electron chi connectivity index (χ0n) is 8.01. The molecule has 0 radical (unpaired) electrons. The molecular weight excluding hydrogens is 198 g/mol. The Morgan fingerprint density at radius 1 is 1.57 bits per heavy atom. The van der Waals surface area contributed by atoms with Gasteiger partial charge in [-0.25, -0.2) is 0 Å². The maximum atomic E-state index is 5.94. The molecule has 2 nitrogen and oxygen atoms in total. The number of nitrogens with one attached hydrogen (secondary N) is 1. The van der Waals surface area contributed by atoms with E-state index in [4.69, 9.17) is 22.8 Å². The molecule has 0 aliphatic rings. The fourth-order valence-electron chi connectivity index (χ4n) is 1.12. The van der Waals surface area contributed by atoms with Crippen LogP contribution in [0.1, 0.15) is 6.42 Å². The highest BCUT2D eigenvalue weighted by atomic mass is 35.5. The summed E-state index contributed by atoms with van der Waals surface area (Å²) in [5.74, 6) is 3.21. The first-order valence-corrected chi connectivity index (χ1v) is 4.67. The summed E-state index contributed by atoms with van der Waals surface area (Å²) in [6.07, 6.45) is 5.82. The van der Waals surface area contributed by atoms with Gasteiger partial charge in [-0.05, 0) is 12.1 Å². The first-order chi connectivity index (χ1) is 6.79. The van der Waals surface area contributed by atoms with Crippen molar-refractivity contribution < 1.29 is 4.74 Å². The molecule has 0 unspecified atom stereocenters. The van der Waals surface area contributed by atoms with Gasteiger partial charge in [-0.2, -0.15) is 0 Å². The van der Waals surface area contributed by atoms with Crippen LogP contribution in [0.3, 0.4) is 0 Å². The second-order valence-electron chi connectivity index (χ2n) is 2.70. The third-order valence-electron chi connectivity index (χ3n) is 1.76. The Balaban J connectivity index is 2.76. The van der Waals surface area contributed by atoms with Gasteiger partial charge in [0.2, 0.25) is 0 Å². The van der Waals surface area contributed by atoms with Crippen molar-refractivity contribution in [3.8, 4) is 18.1 Å². The van der Waals surface area contributed by atoms with Gasteiger partial charge in [-0.3, -0.25) is 0 Å². The molecule has 0 spiro atoms. The van der Waals surface area contributed by atoms with Gasteiger partial charge in [0.25, 0.3) is 0 Å². The topological polar surface area (TPSA) is 21.3 Å². The highest BCUT2D eigenvalue weighted by Gasteiger charge is 2.05. The van der Waals surface area contributed by atoms with Crippen LogP contribution in [0.5, 0.6) is 5.75 Å². The fourth-order valence-corrected chi connectivity index (χ4v) is 1.38. The smallest absolute Gasteiger partial charge is 0.160 e. The van der Waals surface area contributed by atoms with Gasteiger partial charge < -0.3 is 10.1 Å². The maximum Gasteiger partial charge on any atom is 0.160 e. The van der Waals surface area contributed by atoms with Gasteiger partial charge in [-0.1, -0.05) is 17.7 Å². The van der Waals surface area contributed by atoms with E-state index in [2.05, 4.69) is 11.2 Å². The molecule has 1 aromatic rings. The monoisotopic (exact) mass is 209 g/mol. The summed E-state index contributed by atoms with van der Waals surface area (Å²) >= 11 is 5.94. The van der Waals surface area contributed by atoms with Crippen molar-refractivity contribution in [2.24, 2.45) is 0 Å². The number of rotatable bonds is 4. The summed E-state index contributed by atoms with van der Waals surface area (Å²) in [5, 5.41) is 3.75. The molecule has 14 heavy (non-hydrogen) atoms. The van der Waals surface area contributed by atoms with Gasteiger partial charge in [0, 0.05) is 13.0 Å². The standard InChI is InChI=1S/C11H12ClNO/c1-3-4-8-13-10-7-5-6-9(12)11(10)14-2/h1,5-7,13H,4,8H2,2H3. The Morgan fingerprint density at radius 3 is 3.00 bits per heavy atom. The molecule has 0 aliphatic heterocycles. The van der Waals surface area contributed by atoms with E-state index in [1.165, 1.54) is 0 Å². The lowest BCUT2D eigenvalue weighted by Gasteiger charge is -2.10. The average molecular weight is 210 g/mol. The number of hydrogen-bond donors (Lipinski definition) is 1. The first-order valence-electron chi connectivity index (χ1n) is 4.29. The predicted molar refractivity (Wildman–Crippen MR) is 59.9 cm³/mol. The minimum absolute atomic E-state index is 0.596. The molecule has 0 amide bonds. The normalized spacial score (nSPS) is 9.21. The quantitative estimate of drug-likeness (QED) is 0.608. The van der Waals surface area contributed by atoms with E-state index < -0.39 is 0 Å². The summed E-state index contributed by atoms with van der Waals surface area (Å²) in [5.41, 5.74) is 0.871. The van der Waals surface area contributed by atoms with Gasteiger partial charge in [0.05, 0.1) is 17.8 Å². The van der Waals surface area contributed by atoms with Crippen LogP contribution in [0, 0.1) is 12.3 Å². The Bertz CT molecular complexity index is 344. The Hall–Kier alpha value is -1.33. The Labute approximate surface area is 89.2 Å². The van der Waals surface area contributed by atoms with Crippen LogP contribution in [0.4, 0.5) is 5.69 Å². The van der Waals surface area contributed by atoms with Crippen LogP contribution in [0.25, 0.3) is 0 Å². The second kappa shape index (κ2) is 5.41. The van der Waals surface area contributed by atoms with Crippen molar-refractivity contribution in [1.82, 2.24) is 0 Å². The number of terminal acetylenes is 1. The fraction of sp³-hybridized carbons (Fsp3) is 0.273. The molecule has 0 fully saturated rings. The number of para-hydroxylation sites is 1. The van der Waals surface area contributed by atoms with E-state index in [1.54, 1.807) is 13.2 Å². The molecule has 0 aliphatic carbocycles. The molecule has 0 bridgehead atoms. The van der Waals surface area contributed by atoms with Crippen LogP contribution < -0.4 is 10.1 Å². The van der Waals surface area contributed by atoms with Crippen molar-refractivity contribution in [1.29, 1.82) is 0 Å². The Morgan fingerprint density at radius 2 is 2.36 bits per heavy atom. The van der Waals surface area contributed by atoms with Crippen molar-refractivity contribution in [3.63, 3.8) is 0 Å². The Kier molecular flexibility index (Phi) is 4.15. The predicted octanol–water partition coefficient (Wildman–Crippen LogP) is 2.78. The number of hydrogen-bond acceptors (Lipinski definition) is 2. The second-order valence-corrected chi connectivity index (χ2v) is 3.11. The van der Waals surface area contributed by atoms with Gasteiger partial charge in [0.15, 0.2) is 5.75 Å². The van der Waals surface area contributed by atoms with Gasteiger partial charge >= 0.3 is 0 Å². The van der Waals surface area contributed by atoms with E-state index in [-0.39, 0.29) is 0 Å². The lowest BCUT2D eigenvalue weighted by molar-refractivity contribution is 0.416. The van der Waals surface area contributed by atoms with Gasteiger partial charge in [-0.15, -0.1) is 12.3 Å². The molecule has 74 valence electrons. The highest BCUT2D eigenvalue weighted by molar-refractivity contribution is 6.32. The molecule has 0 heterocycles. The summed E-state index contributed by atoms with van der Waals surface area (Å²) < 4.78 is 5.16. The van der Waals surface area contributed by atoms with E-state index in [0.717, 1.165) is 5.69 Å². The zero-order chi connectivity index (χ0) is 10.4. The largest absolute Gasteiger partial charge is 0.493 e. The third-order valence-corrected chi connectivity index (χ3v) is 2.05. The molecular formula is C11H12ClNO. The average Bonchev–Trinajstić information content (AvgIpc) is 2.18. The van der Waals surface area contributed by atoms with Crippen LogP contribution in [0.2, 0.25) is 5.02 Å². The number of benzene rings is 1. The zero-order valence-corrected chi connectivity index (χ0v) is 8.77. The number of methoxy groups -OCH3 is 1. The van der Waals surface area contributed by atoms with E-state index in [9.17, 15) is 0 Å². The first kappa shape index (κ1) is 10.7. The summed E-state index contributed by atoms with van der Waals surface area (Å²) in [6.45, 7) is 0.715. The third kappa shape index (κ3) is 2.58. The SMILES string of the molecule is C#CCCNc1cccc(Cl)c1OC. The van der Waals surface area contributed by atoms with Crippen molar-refractivity contribution in [2.75, 3.05) is 19.0 Å². The number of ether oxygens (including phenoxy) is 1. The van der Waals surface area contributed by atoms with Crippen LogP contribution in [-0.2, 0) is 0 Å².